The summed E-state index contributed by atoms with van der Waals surface area (Å²) in [6, 6.07) is 6.65. The van der Waals surface area contributed by atoms with Crippen LogP contribution in [0.2, 0.25) is 0 Å². The topological polar surface area (TPSA) is 20.2 Å². The van der Waals surface area contributed by atoms with Gasteiger partial charge in [0.1, 0.15) is 11.9 Å². The van der Waals surface area contributed by atoms with Crippen LogP contribution in [-0.4, -0.2) is 5.11 Å². The zero-order valence-corrected chi connectivity index (χ0v) is 13.8. The van der Waals surface area contributed by atoms with Gasteiger partial charge in [0, 0.05) is 11.1 Å². The lowest BCUT2D eigenvalue weighted by Crippen LogP contribution is -2.02. The third kappa shape index (κ3) is 2.81. The standard InChI is InChI=1S/C11H6Br3FOS/c12-7-3-1-2-5(9(7)15)10(16)6-4-8(13)17-11(6)14/h1-4,10,16H. The molecule has 0 aliphatic rings. The fourth-order valence-electron chi connectivity index (χ4n) is 1.44. The molecular formula is C11H6Br3FOS. The van der Waals surface area contributed by atoms with Crippen molar-refractivity contribution in [2.75, 3.05) is 0 Å². The molecule has 1 nitrogen and oxygen atoms in total. The summed E-state index contributed by atoms with van der Waals surface area (Å²) < 4.78 is 15.9. The lowest BCUT2D eigenvalue weighted by atomic mass is 10.0. The minimum atomic E-state index is -0.982. The summed E-state index contributed by atoms with van der Waals surface area (Å²) in [5, 5.41) is 10.2. The summed E-state index contributed by atoms with van der Waals surface area (Å²) in [7, 11) is 0. The van der Waals surface area contributed by atoms with Crippen molar-refractivity contribution in [1.29, 1.82) is 0 Å². The summed E-state index contributed by atoms with van der Waals surface area (Å²) in [5.74, 6) is -0.436. The number of aliphatic hydroxyl groups excluding tert-OH is 1. The highest BCUT2D eigenvalue weighted by Gasteiger charge is 2.20. The second kappa shape index (κ2) is 5.48. The first-order chi connectivity index (χ1) is 8.00. The van der Waals surface area contributed by atoms with Crippen LogP contribution in [0.4, 0.5) is 4.39 Å². The molecule has 0 aliphatic carbocycles. The molecule has 2 aromatic rings. The van der Waals surface area contributed by atoms with Crippen LogP contribution in [-0.2, 0) is 0 Å². The Labute approximate surface area is 127 Å². The molecule has 0 bridgehead atoms. The van der Waals surface area contributed by atoms with Crippen molar-refractivity contribution in [3.8, 4) is 0 Å². The molecule has 0 aliphatic heterocycles. The molecular weight excluding hydrogens is 439 g/mol. The smallest absolute Gasteiger partial charge is 0.143 e. The molecule has 0 saturated carbocycles. The number of thiophene rings is 1. The van der Waals surface area contributed by atoms with Crippen LogP contribution in [0.3, 0.4) is 0 Å². The molecule has 1 aromatic heterocycles. The summed E-state index contributed by atoms with van der Waals surface area (Å²) in [6.07, 6.45) is -0.982. The highest BCUT2D eigenvalue weighted by molar-refractivity contribution is 9.12. The maximum absolute atomic E-state index is 13.8. The number of rotatable bonds is 2. The van der Waals surface area contributed by atoms with Gasteiger partial charge < -0.3 is 5.11 Å². The molecule has 0 radical (unpaired) electrons. The fourth-order valence-corrected chi connectivity index (χ4v) is 4.70. The Hall–Kier alpha value is 0.250. The molecule has 17 heavy (non-hydrogen) atoms. The highest BCUT2D eigenvalue weighted by Crippen LogP contribution is 2.39. The number of hydrogen-bond donors (Lipinski definition) is 1. The average Bonchev–Trinajstić information content (AvgIpc) is 2.61. The van der Waals surface area contributed by atoms with E-state index in [1.807, 2.05) is 0 Å². The van der Waals surface area contributed by atoms with Crippen LogP contribution in [0.1, 0.15) is 17.2 Å². The molecule has 0 fully saturated rings. The van der Waals surface area contributed by atoms with Gasteiger partial charge in [-0.2, -0.15) is 0 Å². The Morgan fingerprint density at radius 1 is 1.18 bits per heavy atom. The number of hydrogen-bond acceptors (Lipinski definition) is 2. The van der Waals surface area contributed by atoms with Crippen molar-refractivity contribution in [3.63, 3.8) is 0 Å². The van der Waals surface area contributed by atoms with Crippen molar-refractivity contribution in [2.45, 2.75) is 6.10 Å². The van der Waals surface area contributed by atoms with E-state index in [0.29, 0.717) is 10.0 Å². The first-order valence-corrected chi connectivity index (χ1v) is 7.77. The van der Waals surface area contributed by atoms with Crippen LogP contribution in [0.5, 0.6) is 0 Å². The predicted molar refractivity (Wildman–Crippen MR) is 77.9 cm³/mol. The van der Waals surface area contributed by atoms with Crippen molar-refractivity contribution < 1.29 is 9.50 Å². The predicted octanol–water partition coefficient (Wildman–Crippen LogP) is 5.26. The summed E-state index contributed by atoms with van der Waals surface area (Å²) in [6.45, 7) is 0. The highest BCUT2D eigenvalue weighted by atomic mass is 79.9. The fraction of sp³-hybridized carbons (Fsp3) is 0.0909. The molecule has 2 rings (SSSR count). The van der Waals surface area contributed by atoms with Gasteiger partial charge in [-0.3, -0.25) is 0 Å². The van der Waals surface area contributed by atoms with E-state index in [1.165, 1.54) is 11.3 Å². The van der Waals surface area contributed by atoms with E-state index in [0.717, 1.165) is 7.57 Å². The third-order valence-corrected chi connectivity index (χ3v) is 5.25. The molecule has 1 unspecified atom stereocenters. The Balaban J connectivity index is 2.47. The Bertz CT molecular complexity index is 556. The van der Waals surface area contributed by atoms with Gasteiger partial charge in [0.05, 0.1) is 12.0 Å². The van der Waals surface area contributed by atoms with Crippen LogP contribution in [0.15, 0.2) is 36.3 Å². The largest absolute Gasteiger partial charge is 0.383 e. The molecule has 0 spiro atoms. The SMILES string of the molecule is OC(c1cc(Br)sc1Br)c1cccc(Br)c1F. The molecule has 0 amide bonds. The number of aliphatic hydroxyl groups is 1. The Morgan fingerprint density at radius 3 is 2.47 bits per heavy atom. The van der Waals surface area contributed by atoms with E-state index >= 15 is 0 Å². The summed E-state index contributed by atoms with van der Waals surface area (Å²) in [5.41, 5.74) is 0.907. The van der Waals surface area contributed by atoms with Gasteiger partial charge in [-0.1, -0.05) is 12.1 Å². The van der Waals surface area contributed by atoms with Crippen molar-refractivity contribution in [1.82, 2.24) is 0 Å². The van der Waals surface area contributed by atoms with E-state index in [1.54, 1.807) is 24.3 Å². The van der Waals surface area contributed by atoms with Gasteiger partial charge in [0.15, 0.2) is 0 Å². The normalized spacial score (nSPS) is 12.8. The van der Waals surface area contributed by atoms with E-state index < -0.39 is 11.9 Å². The van der Waals surface area contributed by atoms with Crippen molar-refractivity contribution in [3.05, 3.63) is 53.3 Å². The van der Waals surface area contributed by atoms with Gasteiger partial charge in [-0.05, 0) is 59.9 Å². The molecule has 1 atom stereocenters. The van der Waals surface area contributed by atoms with E-state index in [9.17, 15) is 9.50 Å². The van der Waals surface area contributed by atoms with Crippen LogP contribution < -0.4 is 0 Å². The first-order valence-electron chi connectivity index (χ1n) is 4.57. The maximum atomic E-state index is 13.8. The zero-order valence-electron chi connectivity index (χ0n) is 8.25. The molecule has 1 heterocycles. The number of benzene rings is 1. The van der Waals surface area contributed by atoms with Crippen LogP contribution >= 0.6 is 59.1 Å². The third-order valence-electron chi connectivity index (χ3n) is 2.25. The van der Waals surface area contributed by atoms with Gasteiger partial charge in [-0.15, -0.1) is 11.3 Å². The Morgan fingerprint density at radius 2 is 1.88 bits per heavy atom. The lowest BCUT2D eigenvalue weighted by molar-refractivity contribution is 0.214. The summed E-state index contributed by atoms with van der Waals surface area (Å²) >= 11 is 11.2. The van der Waals surface area contributed by atoms with E-state index in [-0.39, 0.29) is 5.56 Å². The van der Waals surface area contributed by atoms with E-state index in [4.69, 9.17) is 0 Å². The van der Waals surface area contributed by atoms with Gasteiger partial charge >= 0.3 is 0 Å². The van der Waals surface area contributed by atoms with E-state index in [2.05, 4.69) is 47.8 Å². The van der Waals surface area contributed by atoms with Gasteiger partial charge in [0.25, 0.3) is 0 Å². The van der Waals surface area contributed by atoms with Gasteiger partial charge in [-0.25, -0.2) is 4.39 Å². The minimum absolute atomic E-state index is 0.255. The maximum Gasteiger partial charge on any atom is 0.143 e. The summed E-state index contributed by atoms with van der Waals surface area (Å²) in [4.78, 5) is 0. The van der Waals surface area contributed by atoms with Gasteiger partial charge in [0.2, 0.25) is 0 Å². The molecule has 0 saturated heterocycles. The second-order valence-electron chi connectivity index (χ2n) is 3.33. The zero-order chi connectivity index (χ0) is 12.6. The first kappa shape index (κ1) is 13.7. The van der Waals surface area contributed by atoms with Crippen LogP contribution in [0, 0.1) is 5.82 Å². The molecule has 90 valence electrons. The lowest BCUT2D eigenvalue weighted by Gasteiger charge is -2.12. The molecule has 6 heteroatoms. The number of halogens is 4. The van der Waals surface area contributed by atoms with Crippen molar-refractivity contribution >= 4 is 59.1 Å². The average molecular weight is 445 g/mol. The Kier molecular flexibility index (Phi) is 4.41. The van der Waals surface area contributed by atoms with Crippen molar-refractivity contribution in [2.24, 2.45) is 0 Å². The van der Waals surface area contributed by atoms with Crippen LogP contribution in [0.25, 0.3) is 0 Å². The second-order valence-corrected chi connectivity index (χ2v) is 7.93. The molecule has 1 aromatic carbocycles. The minimum Gasteiger partial charge on any atom is -0.383 e. The molecule has 1 N–H and O–H groups in total. The monoisotopic (exact) mass is 442 g/mol. The quantitative estimate of drug-likeness (QED) is 0.670.